The predicted octanol–water partition coefficient (Wildman–Crippen LogP) is 3.87. The van der Waals surface area contributed by atoms with Crippen molar-refractivity contribution in [2.24, 2.45) is 5.92 Å². The van der Waals surface area contributed by atoms with E-state index >= 15 is 0 Å². The lowest BCUT2D eigenvalue weighted by molar-refractivity contribution is -0.118. The lowest BCUT2D eigenvalue weighted by Gasteiger charge is -2.36. The van der Waals surface area contributed by atoms with E-state index in [1.807, 2.05) is 29.3 Å². The van der Waals surface area contributed by atoms with Crippen LogP contribution in [0, 0.1) is 5.92 Å². The number of fused-ring (bicyclic) bond motifs is 2. The van der Waals surface area contributed by atoms with Crippen LogP contribution in [-0.4, -0.2) is 43.0 Å². The van der Waals surface area contributed by atoms with Crippen LogP contribution in [0.1, 0.15) is 17.5 Å². The van der Waals surface area contributed by atoms with Crippen LogP contribution in [0.3, 0.4) is 0 Å². The number of hydrogen-bond donors (Lipinski definition) is 1. The number of anilines is 1. The van der Waals surface area contributed by atoms with E-state index in [4.69, 9.17) is 0 Å². The summed E-state index contributed by atoms with van der Waals surface area (Å²) in [5.74, 6) is 0.697. The number of amides is 1. The minimum Gasteiger partial charge on any atom is -0.361 e. The Hall–Kier alpha value is -2.59. The molecule has 4 heteroatoms. The van der Waals surface area contributed by atoms with E-state index in [-0.39, 0.29) is 5.91 Å². The van der Waals surface area contributed by atoms with Gasteiger partial charge in [-0.15, -0.1) is 0 Å². The van der Waals surface area contributed by atoms with Gasteiger partial charge in [-0.2, -0.15) is 0 Å². The van der Waals surface area contributed by atoms with Gasteiger partial charge in [-0.3, -0.25) is 4.79 Å². The molecule has 1 aromatic heterocycles. The highest BCUT2D eigenvalue weighted by Gasteiger charge is 2.28. The number of carbonyl (C=O) groups excluding carboxylic acids is 1. The molecule has 2 aromatic carbocycles. The number of carbonyl (C=O) groups is 1. The molecule has 0 fully saturated rings. The van der Waals surface area contributed by atoms with Crippen molar-refractivity contribution in [3.63, 3.8) is 0 Å². The molecule has 0 bridgehead atoms. The van der Waals surface area contributed by atoms with Gasteiger partial charge in [0, 0.05) is 42.3 Å². The predicted molar refractivity (Wildman–Crippen MR) is 111 cm³/mol. The molecule has 0 aliphatic carbocycles. The Labute approximate surface area is 160 Å². The molecule has 2 heterocycles. The number of aryl methyl sites for hydroxylation is 1. The number of nitrogens with zero attached hydrogens (tertiary/aromatic N) is 2. The van der Waals surface area contributed by atoms with Gasteiger partial charge in [0.2, 0.25) is 5.91 Å². The summed E-state index contributed by atoms with van der Waals surface area (Å²) < 4.78 is 0. The van der Waals surface area contributed by atoms with Gasteiger partial charge in [0.05, 0.1) is 0 Å². The molecule has 3 aromatic rings. The highest BCUT2D eigenvalue weighted by atomic mass is 16.2. The van der Waals surface area contributed by atoms with Crippen molar-refractivity contribution in [1.82, 2.24) is 9.88 Å². The smallest absolute Gasteiger partial charge is 0.227 e. The zero-order chi connectivity index (χ0) is 18.8. The van der Waals surface area contributed by atoms with E-state index in [2.05, 4.69) is 54.3 Å². The molecule has 1 N–H and O–H groups in total. The zero-order valence-corrected chi connectivity index (χ0v) is 16.1. The number of aromatic nitrogens is 1. The number of hydrogen-bond acceptors (Lipinski definition) is 2. The van der Waals surface area contributed by atoms with Crippen molar-refractivity contribution in [3.05, 3.63) is 65.9 Å². The van der Waals surface area contributed by atoms with Crippen LogP contribution in [0.15, 0.2) is 54.7 Å². The molecule has 4 rings (SSSR count). The van der Waals surface area contributed by atoms with Crippen molar-refractivity contribution >= 4 is 22.5 Å². The molecule has 140 valence electrons. The zero-order valence-electron chi connectivity index (χ0n) is 16.1. The van der Waals surface area contributed by atoms with E-state index in [1.54, 1.807) is 0 Å². The summed E-state index contributed by atoms with van der Waals surface area (Å²) in [5, 5.41) is 1.22. The molecule has 1 aliphatic rings. The first-order valence-electron chi connectivity index (χ1n) is 9.70. The maximum Gasteiger partial charge on any atom is 0.227 e. The lowest BCUT2D eigenvalue weighted by Crippen LogP contribution is -2.43. The van der Waals surface area contributed by atoms with Crippen molar-refractivity contribution in [1.29, 1.82) is 0 Å². The summed E-state index contributed by atoms with van der Waals surface area (Å²) in [6.45, 7) is 1.81. The van der Waals surface area contributed by atoms with Crippen LogP contribution < -0.4 is 4.90 Å². The van der Waals surface area contributed by atoms with Gasteiger partial charge in [0.25, 0.3) is 0 Å². The third-order valence-electron chi connectivity index (χ3n) is 5.44. The van der Waals surface area contributed by atoms with Crippen molar-refractivity contribution in [3.8, 4) is 0 Å². The van der Waals surface area contributed by atoms with Gasteiger partial charge in [-0.1, -0.05) is 36.4 Å². The molecular weight excluding hydrogens is 334 g/mol. The standard InChI is InChI=1S/C23H27N3O/c1-25(2)15-17-13-18-7-3-6-10-22(18)26(16-17)23(27)12-11-19-14-24-21-9-5-4-8-20(19)21/h3-10,14,17,24H,11-13,15-16H2,1-2H3/t17-/m1/s1. The number of para-hydroxylation sites is 2. The molecule has 1 atom stereocenters. The molecule has 0 saturated carbocycles. The summed E-state index contributed by atoms with van der Waals surface area (Å²) in [6, 6.07) is 16.6. The van der Waals surface area contributed by atoms with Gasteiger partial charge in [-0.05, 0) is 56.1 Å². The number of nitrogens with one attached hydrogen (secondary N) is 1. The lowest BCUT2D eigenvalue weighted by atomic mass is 9.91. The van der Waals surface area contributed by atoms with Gasteiger partial charge < -0.3 is 14.8 Å². The molecule has 1 aliphatic heterocycles. The first kappa shape index (κ1) is 17.8. The van der Waals surface area contributed by atoms with Crippen LogP contribution in [0.25, 0.3) is 10.9 Å². The Bertz CT molecular complexity index is 943. The second-order valence-electron chi connectivity index (χ2n) is 7.82. The number of aromatic amines is 1. The Balaban J connectivity index is 1.51. The topological polar surface area (TPSA) is 39.3 Å². The Morgan fingerprint density at radius 3 is 2.78 bits per heavy atom. The van der Waals surface area contributed by atoms with E-state index in [0.29, 0.717) is 12.3 Å². The number of H-pyrrole nitrogens is 1. The summed E-state index contributed by atoms with van der Waals surface area (Å²) >= 11 is 0. The van der Waals surface area contributed by atoms with Gasteiger partial charge in [-0.25, -0.2) is 0 Å². The Morgan fingerprint density at radius 1 is 1.15 bits per heavy atom. The quantitative estimate of drug-likeness (QED) is 0.749. The fraction of sp³-hybridized carbons (Fsp3) is 0.348. The molecule has 0 saturated heterocycles. The summed E-state index contributed by atoms with van der Waals surface area (Å²) in [6.07, 6.45) is 4.38. The maximum atomic E-state index is 13.1. The molecule has 0 radical (unpaired) electrons. The third kappa shape index (κ3) is 3.76. The van der Waals surface area contributed by atoms with E-state index in [9.17, 15) is 4.79 Å². The highest BCUT2D eigenvalue weighted by molar-refractivity contribution is 5.95. The fourth-order valence-corrected chi connectivity index (χ4v) is 4.27. The minimum atomic E-state index is 0.219. The summed E-state index contributed by atoms with van der Waals surface area (Å²) in [5.41, 5.74) is 4.73. The first-order valence-corrected chi connectivity index (χ1v) is 9.70. The third-order valence-corrected chi connectivity index (χ3v) is 5.44. The molecule has 0 spiro atoms. The van der Waals surface area contributed by atoms with Crippen LogP contribution in [-0.2, 0) is 17.6 Å². The average molecular weight is 361 g/mol. The van der Waals surface area contributed by atoms with Gasteiger partial charge in [0.1, 0.15) is 0 Å². The van der Waals surface area contributed by atoms with Crippen LogP contribution in [0.2, 0.25) is 0 Å². The average Bonchev–Trinajstić information content (AvgIpc) is 3.08. The summed E-state index contributed by atoms with van der Waals surface area (Å²) in [7, 11) is 4.20. The second kappa shape index (κ2) is 7.57. The first-order chi connectivity index (χ1) is 13.1. The second-order valence-corrected chi connectivity index (χ2v) is 7.82. The molecule has 1 amide bonds. The minimum absolute atomic E-state index is 0.219. The van der Waals surface area contributed by atoms with Crippen molar-refractivity contribution in [2.75, 3.05) is 32.1 Å². The van der Waals surface area contributed by atoms with Crippen LogP contribution in [0.5, 0.6) is 0 Å². The van der Waals surface area contributed by atoms with Crippen LogP contribution >= 0.6 is 0 Å². The molecule has 27 heavy (non-hydrogen) atoms. The Kier molecular flexibility index (Phi) is 4.99. The monoisotopic (exact) mass is 361 g/mol. The van der Waals surface area contributed by atoms with E-state index in [0.717, 1.165) is 37.1 Å². The number of benzene rings is 2. The largest absolute Gasteiger partial charge is 0.361 e. The fourth-order valence-electron chi connectivity index (χ4n) is 4.27. The Morgan fingerprint density at radius 2 is 1.93 bits per heavy atom. The molecular formula is C23H27N3O. The van der Waals surface area contributed by atoms with Crippen LogP contribution in [0.4, 0.5) is 5.69 Å². The molecule has 0 unspecified atom stereocenters. The SMILES string of the molecule is CN(C)C[C@H]1Cc2ccccc2N(C(=O)CCc2c[nH]c3ccccc23)C1. The normalized spacial score (nSPS) is 16.7. The van der Waals surface area contributed by atoms with E-state index in [1.165, 1.54) is 16.5 Å². The number of rotatable bonds is 5. The van der Waals surface area contributed by atoms with Gasteiger partial charge >= 0.3 is 0 Å². The summed E-state index contributed by atoms with van der Waals surface area (Å²) in [4.78, 5) is 20.7. The van der Waals surface area contributed by atoms with Gasteiger partial charge in [0.15, 0.2) is 0 Å². The van der Waals surface area contributed by atoms with Crippen molar-refractivity contribution < 1.29 is 4.79 Å². The van der Waals surface area contributed by atoms with E-state index < -0.39 is 0 Å². The van der Waals surface area contributed by atoms with Crippen molar-refractivity contribution in [2.45, 2.75) is 19.3 Å². The maximum absolute atomic E-state index is 13.1. The molecule has 4 nitrogen and oxygen atoms in total. The highest BCUT2D eigenvalue weighted by Crippen LogP contribution is 2.31.